The fourth-order valence-electron chi connectivity index (χ4n) is 2.21. The van der Waals surface area contributed by atoms with E-state index in [1.54, 1.807) is 24.3 Å². The van der Waals surface area contributed by atoms with Crippen molar-refractivity contribution < 1.29 is 15.3 Å². The Hall–Kier alpha value is -2.43. The summed E-state index contributed by atoms with van der Waals surface area (Å²) in [7, 11) is 0. The first kappa shape index (κ1) is 15.5. The van der Waals surface area contributed by atoms with E-state index in [4.69, 9.17) is 23.2 Å². The van der Waals surface area contributed by atoms with Gasteiger partial charge in [-0.05, 0) is 42.0 Å². The van der Waals surface area contributed by atoms with Gasteiger partial charge < -0.3 is 15.3 Å². The topological polar surface area (TPSA) is 73.6 Å². The Kier molecular flexibility index (Phi) is 4.03. The number of rotatable bonds is 2. The molecule has 1 heterocycles. The van der Waals surface area contributed by atoms with Crippen LogP contribution in [0.2, 0.25) is 10.0 Å². The molecule has 23 heavy (non-hydrogen) atoms. The fraction of sp³-hybridized carbons (Fsp3) is 0. The van der Waals surface area contributed by atoms with Crippen LogP contribution in [0, 0.1) is 0 Å². The molecule has 3 aromatic rings. The largest absolute Gasteiger partial charge is 0.508 e. The van der Waals surface area contributed by atoms with Crippen molar-refractivity contribution in [2.45, 2.75) is 0 Å². The molecule has 4 nitrogen and oxygen atoms in total. The summed E-state index contributed by atoms with van der Waals surface area (Å²) in [5, 5.41) is 30.1. The van der Waals surface area contributed by atoms with Crippen LogP contribution in [0.3, 0.4) is 0 Å². The zero-order valence-electron chi connectivity index (χ0n) is 11.7. The third-order valence-corrected chi connectivity index (χ3v) is 3.85. The lowest BCUT2D eigenvalue weighted by Gasteiger charge is -2.05. The first-order valence-corrected chi connectivity index (χ1v) is 7.38. The smallest absolute Gasteiger partial charge is 0.160 e. The van der Waals surface area contributed by atoms with E-state index in [0.29, 0.717) is 27.2 Å². The number of benzene rings is 2. The summed E-state index contributed by atoms with van der Waals surface area (Å²) in [6.45, 7) is 0. The molecule has 6 heteroatoms. The molecule has 0 radical (unpaired) electrons. The Morgan fingerprint density at radius 1 is 0.826 bits per heavy atom. The second-order valence-corrected chi connectivity index (χ2v) is 5.75. The number of aromatic nitrogens is 1. The molecule has 0 saturated heterocycles. The zero-order valence-corrected chi connectivity index (χ0v) is 13.2. The molecule has 3 N–H and O–H groups in total. The van der Waals surface area contributed by atoms with Crippen molar-refractivity contribution in [1.82, 2.24) is 4.98 Å². The first-order chi connectivity index (χ1) is 10.9. The molecular weight excluding hydrogens is 337 g/mol. The number of nitrogens with zero attached hydrogens (tertiary/aromatic N) is 1. The number of phenolic OH excluding ortho intramolecular Hbond substituents is 3. The van der Waals surface area contributed by atoms with E-state index in [0.717, 1.165) is 0 Å². The van der Waals surface area contributed by atoms with Crippen molar-refractivity contribution in [2.24, 2.45) is 0 Å². The lowest BCUT2D eigenvalue weighted by molar-refractivity contribution is 0.450. The predicted molar refractivity (Wildman–Crippen MR) is 92.1 cm³/mol. The third-order valence-electron chi connectivity index (χ3n) is 3.25. The van der Waals surface area contributed by atoms with Gasteiger partial charge in [-0.1, -0.05) is 29.3 Å². The monoisotopic (exact) mass is 347 g/mol. The van der Waals surface area contributed by atoms with E-state index in [9.17, 15) is 15.3 Å². The molecular formula is C17H11Cl2NO3. The van der Waals surface area contributed by atoms with Crippen molar-refractivity contribution in [2.75, 3.05) is 0 Å². The Balaban J connectivity index is 2.03. The Morgan fingerprint density at radius 2 is 1.52 bits per heavy atom. The van der Waals surface area contributed by atoms with Gasteiger partial charge in [0.15, 0.2) is 5.75 Å². The molecule has 0 amide bonds. The average molecular weight is 348 g/mol. The van der Waals surface area contributed by atoms with Gasteiger partial charge in [0.05, 0.1) is 15.7 Å². The highest BCUT2D eigenvalue weighted by Crippen LogP contribution is 2.36. The number of pyridine rings is 1. The van der Waals surface area contributed by atoms with Gasteiger partial charge in [-0.15, -0.1) is 0 Å². The number of halogens is 2. The van der Waals surface area contributed by atoms with Crippen LogP contribution in [-0.2, 0) is 0 Å². The highest BCUT2D eigenvalue weighted by atomic mass is 35.5. The molecule has 0 aliphatic carbocycles. The van der Waals surface area contributed by atoms with Crippen LogP contribution in [0.4, 0.5) is 0 Å². The minimum Gasteiger partial charge on any atom is -0.508 e. The van der Waals surface area contributed by atoms with Crippen LogP contribution in [0.5, 0.6) is 17.2 Å². The summed E-state index contributed by atoms with van der Waals surface area (Å²) in [6, 6.07) is 9.19. The standard InChI is InChI=1S/C17H11Cl2NO3/c18-14-8-15(19)17(23)16-13(14)4-3-10(20-16)2-1-9-5-11(21)7-12(22)6-9/h1-8,21-23H/b2-1+. The first-order valence-electron chi connectivity index (χ1n) is 6.63. The number of hydrogen-bond acceptors (Lipinski definition) is 4. The molecule has 3 rings (SSSR count). The quantitative estimate of drug-likeness (QED) is 0.620. The van der Waals surface area contributed by atoms with E-state index >= 15 is 0 Å². The molecule has 0 atom stereocenters. The second-order valence-electron chi connectivity index (χ2n) is 4.94. The average Bonchev–Trinajstić information content (AvgIpc) is 2.49. The van der Waals surface area contributed by atoms with Crippen molar-refractivity contribution in [3.8, 4) is 17.2 Å². The molecule has 0 bridgehead atoms. The van der Waals surface area contributed by atoms with Gasteiger partial charge >= 0.3 is 0 Å². The van der Waals surface area contributed by atoms with Crippen LogP contribution >= 0.6 is 23.2 Å². The lowest BCUT2D eigenvalue weighted by atomic mass is 10.1. The maximum absolute atomic E-state index is 10.0. The van der Waals surface area contributed by atoms with Gasteiger partial charge in [-0.25, -0.2) is 4.98 Å². The van der Waals surface area contributed by atoms with Gasteiger partial charge in [0, 0.05) is 11.5 Å². The van der Waals surface area contributed by atoms with E-state index in [1.807, 2.05) is 0 Å². The van der Waals surface area contributed by atoms with Crippen molar-refractivity contribution in [1.29, 1.82) is 0 Å². The number of aromatic hydroxyl groups is 3. The van der Waals surface area contributed by atoms with Crippen LogP contribution < -0.4 is 0 Å². The highest BCUT2D eigenvalue weighted by molar-refractivity contribution is 6.39. The van der Waals surface area contributed by atoms with Gasteiger partial charge in [-0.3, -0.25) is 0 Å². The molecule has 0 aliphatic heterocycles. The molecule has 116 valence electrons. The lowest BCUT2D eigenvalue weighted by Crippen LogP contribution is -1.86. The molecule has 0 saturated carbocycles. The second kappa shape index (κ2) is 5.99. The minimum atomic E-state index is -0.128. The number of phenols is 3. The van der Waals surface area contributed by atoms with Gasteiger partial charge in [-0.2, -0.15) is 0 Å². The van der Waals surface area contributed by atoms with Crippen LogP contribution in [0.1, 0.15) is 11.3 Å². The Labute approximate surface area is 141 Å². The summed E-state index contributed by atoms with van der Waals surface area (Å²) in [4.78, 5) is 4.33. The Morgan fingerprint density at radius 3 is 2.22 bits per heavy atom. The van der Waals surface area contributed by atoms with Crippen LogP contribution in [0.15, 0.2) is 36.4 Å². The fourth-order valence-corrected chi connectivity index (χ4v) is 2.72. The van der Waals surface area contributed by atoms with Crippen molar-refractivity contribution in [3.05, 3.63) is 57.7 Å². The van der Waals surface area contributed by atoms with Crippen LogP contribution in [-0.4, -0.2) is 20.3 Å². The molecule has 0 spiro atoms. The summed E-state index contributed by atoms with van der Waals surface area (Å²) in [5.74, 6) is -0.198. The van der Waals surface area contributed by atoms with E-state index in [2.05, 4.69) is 4.98 Å². The van der Waals surface area contributed by atoms with Gasteiger partial charge in [0.1, 0.15) is 17.0 Å². The zero-order chi connectivity index (χ0) is 16.6. The van der Waals surface area contributed by atoms with E-state index in [1.165, 1.54) is 24.3 Å². The third kappa shape index (κ3) is 3.18. The highest BCUT2D eigenvalue weighted by Gasteiger charge is 2.10. The molecule has 0 aliphatic rings. The molecule has 0 unspecified atom stereocenters. The number of fused-ring (bicyclic) bond motifs is 1. The molecule has 2 aromatic carbocycles. The summed E-state index contributed by atoms with van der Waals surface area (Å²) >= 11 is 12.0. The maximum Gasteiger partial charge on any atom is 0.160 e. The minimum absolute atomic E-state index is 0.0349. The van der Waals surface area contributed by atoms with E-state index < -0.39 is 0 Å². The predicted octanol–water partition coefficient (Wildman–Crippen LogP) is 4.83. The van der Waals surface area contributed by atoms with Crippen molar-refractivity contribution >= 4 is 46.3 Å². The SMILES string of the molecule is Oc1cc(O)cc(/C=C/c2ccc3c(Cl)cc(Cl)c(O)c3n2)c1. The van der Waals surface area contributed by atoms with Crippen LogP contribution in [0.25, 0.3) is 23.1 Å². The van der Waals surface area contributed by atoms with Gasteiger partial charge in [0.25, 0.3) is 0 Å². The normalized spacial score (nSPS) is 11.4. The summed E-state index contributed by atoms with van der Waals surface area (Å²) in [6.07, 6.45) is 3.36. The summed E-state index contributed by atoms with van der Waals surface area (Å²) < 4.78 is 0. The maximum atomic E-state index is 10.0. The number of hydrogen-bond donors (Lipinski definition) is 3. The Bertz CT molecular complexity index is 919. The van der Waals surface area contributed by atoms with E-state index in [-0.39, 0.29) is 22.3 Å². The summed E-state index contributed by atoms with van der Waals surface area (Å²) in [5.41, 5.74) is 1.48. The molecule has 0 fully saturated rings. The van der Waals surface area contributed by atoms with Crippen molar-refractivity contribution in [3.63, 3.8) is 0 Å². The molecule has 1 aromatic heterocycles. The van der Waals surface area contributed by atoms with Gasteiger partial charge in [0.2, 0.25) is 0 Å².